The lowest BCUT2D eigenvalue weighted by Gasteiger charge is -2.34. The molecule has 1 unspecified atom stereocenters. The molecule has 1 fully saturated rings. The third-order valence-corrected chi connectivity index (χ3v) is 4.92. The van der Waals surface area contributed by atoms with Gasteiger partial charge in [0.1, 0.15) is 0 Å². The summed E-state index contributed by atoms with van der Waals surface area (Å²) in [5.74, 6) is 2.17. The van der Waals surface area contributed by atoms with E-state index in [2.05, 4.69) is 44.8 Å². The van der Waals surface area contributed by atoms with E-state index in [9.17, 15) is 0 Å². The zero-order valence-electron chi connectivity index (χ0n) is 10.8. The van der Waals surface area contributed by atoms with Gasteiger partial charge in [-0.25, -0.2) is 0 Å². The van der Waals surface area contributed by atoms with Crippen molar-refractivity contribution >= 4 is 11.8 Å². The quantitative estimate of drug-likeness (QED) is 0.785. The maximum Gasteiger partial charge on any atom is 0.0583 e. The van der Waals surface area contributed by atoms with E-state index in [0.29, 0.717) is 10.8 Å². The summed E-state index contributed by atoms with van der Waals surface area (Å²) in [4.78, 5) is 0. The first-order chi connectivity index (χ1) is 7.02. The normalized spacial score (nSPS) is 24.2. The molecule has 1 nitrogen and oxygen atoms in total. The fourth-order valence-corrected chi connectivity index (χ4v) is 3.43. The van der Waals surface area contributed by atoms with Crippen LogP contribution in [0.4, 0.5) is 0 Å². The summed E-state index contributed by atoms with van der Waals surface area (Å²) >= 11 is 2.13. The van der Waals surface area contributed by atoms with E-state index < -0.39 is 0 Å². The van der Waals surface area contributed by atoms with Crippen LogP contribution in [0.5, 0.6) is 0 Å². The maximum atomic E-state index is 3.71. The molecule has 0 bridgehead atoms. The molecule has 0 aromatic carbocycles. The van der Waals surface area contributed by atoms with Gasteiger partial charge in [-0.2, -0.15) is 0 Å². The number of thioether (sulfide) groups is 1. The van der Waals surface area contributed by atoms with Crippen LogP contribution >= 0.6 is 11.8 Å². The lowest BCUT2D eigenvalue weighted by atomic mass is 9.85. The van der Waals surface area contributed by atoms with Crippen molar-refractivity contribution < 1.29 is 0 Å². The standard InChI is InChI=1S/C13H27NS/c1-11(2)7-8-13(3,4)12-14-9-5-6-10-15-12/h11-12,14H,5-10H2,1-4H3. The van der Waals surface area contributed by atoms with Gasteiger partial charge in [0.15, 0.2) is 0 Å². The Morgan fingerprint density at radius 1 is 1.33 bits per heavy atom. The highest BCUT2D eigenvalue weighted by molar-refractivity contribution is 7.99. The second kappa shape index (κ2) is 6.15. The number of nitrogens with one attached hydrogen (secondary N) is 1. The summed E-state index contributed by atoms with van der Waals surface area (Å²) in [6.07, 6.45) is 5.43. The van der Waals surface area contributed by atoms with E-state index in [0.717, 1.165) is 5.92 Å². The van der Waals surface area contributed by atoms with Crippen LogP contribution in [-0.4, -0.2) is 17.7 Å². The predicted octanol–water partition coefficient (Wildman–Crippen LogP) is 3.89. The van der Waals surface area contributed by atoms with Gasteiger partial charge in [0.25, 0.3) is 0 Å². The third kappa shape index (κ3) is 4.78. The average Bonchev–Trinajstić information content (AvgIpc) is 2.43. The maximum absolute atomic E-state index is 3.71. The largest absolute Gasteiger partial charge is 0.305 e. The van der Waals surface area contributed by atoms with Gasteiger partial charge >= 0.3 is 0 Å². The Bertz CT molecular complexity index is 169. The summed E-state index contributed by atoms with van der Waals surface area (Å²) in [6, 6.07) is 0. The molecule has 90 valence electrons. The minimum absolute atomic E-state index is 0.444. The van der Waals surface area contributed by atoms with Gasteiger partial charge in [0, 0.05) is 0 Å². The first kappa shape index (κ1) is 13.4. The minimum atomic E-state index is 0.444. The Kier molecular flexibility index (Phi) is 5.48. The van der Waals surface area contributed by atoms with Crippen molar-refractivity contribution in [2.24, 2.45) is 11.3 Å². The van der Waals surface area contributed by atoms with E-state index in [1.807, 2.05) is 0 Å². The van der Waals surface area contributed by atoms with Crippen LogP contribution in [0, 0.1) is 11.3 Å². The zero-order valence-corrected chi connectivity index (χ0v) is 11.6. The molecule has 0 aliphatic carbocycles. The van der Waals surface area contributed by atoms with Crippen molar-refractivity contribution in [2.45, 2.75) is 58.8 Å². The van der Waals surface area contributed by atoms with Crippen LogP contribution in [0.15, 0.2) is 0 Å². The smallest absolute Gasteiger partial charge is 0.0583 e. The summed E-state index contributed by atoms with van der Waals surface area (Å²) in [5.41, 5.74) is 0.444. The summed E-state index contributed by atoms with van der Waals surface area (Å²) in [5, 5.41) is 4.37. The molecule has 1 aliphatic heterocycles. The molecule has 0 radical (unpaired) electrons. The molecule has 0 spiro atoms. The monoisotopic (exact) mass is 229 g/mol. The summed E-state index contributed by atoms with van der Waals surface area (Å²) in [6.45, 7) is 10.7. The number of rotatable bonds is 4. The first-order valence-corrected chi connectivity index (χ1v) is 7.42. The fourth-order valence-electron chi connectivity index (χ4n) is 2.01. The van der Waals surface area contributed by atoms with E-state index in [1.54, 1.807) is 0 Å². The van der Waals surface area contributed by atoms with Crippen molar-refractivity contribution in [1.82, 2.24) is 5.32 Å². The predicted molar refractivity (Wildman–Crippen MR) is 71.3 cm³/mol. The van der Waals surface area contributed by atoms with Crippen LogP contribution in [0.25, 0.3) is 0 Å². The van der Waals surface area contributed by atoms with Gasteiger partial charge in [0.05, 0.1) is 5.37 Å². The highest BCUT2D eigenvalue weighted by Gasteiger charge is 2.30. The molecule has 1 heterocycles. The van der Waals surface area contributed by atoms with Crippen molar-refractivity contribution in [3.8, 4) is 0 Å². The molecule has 2 heteroatoms. The molecular weight excluding hydrogens is 202 g/mol. The van der Waals surface area contributed by atoms with Gasteiger partial charge in [-0.3, -0.25) is 0 Å². The molecule has 1 saturated heterocycles. The van der Waals surface area contributed by atoms with Crippen molar-refractivity contribution in [1.29, 1.82) is 0 Å². The van der Waals surface area contributed by atoms with Gasteiger partial charge in [-0.15, -0.1) is 11.8 Å². The molecule has 1 N–H and O–H groups in total. The van der Waals surface area contributed by atoms with Crippen molar-refractivity contribution in [2.75, 3.05) is 12.3 Å². The van der Waals surface area contributed by atoms with E-state index in [1.165, 1.54) is 38.0 Å². The van der Waals surface area contributed by atoms with E-state index >= 15 is 0 Å². The molecule has 0 amide bonds. The van der Waals surface area contributed by atoms with Gasteiger partial charge in [-0.05, 0) is 42.9 Å². The van der Waals surface area contributed by atoms with Crippen LogP contribution in [0.2, 0.25) is 0 Å². The Morgan fingerprint density at radius 2 is 2.07 bits per heavy atom. The molecule has 1 aliphatic rings. The Balaban J connectivity index is 2.42. The number of hydrogen-bond donors (Lipinski definition) is 1. The minimum Gasteiger partial charge on any atom is -0.305 e. The van der Waals surface area contributed by atoms with Gasteiger partial charge in [0.2, 0.25) is 0 Å². The third-order valence-electron chi connectivity index (χ3n) is 3.26. The lowest BCUT2D eigenvalue weighted by Crippen LogP contribution is -2.39. The van der Waals surface area contributed by atoms with Crippen molar-refractivity contribution in [3.05, 3.63) is 0 Å². The highest BCUT2D eigenvalue weighted by atomic mass is 32.2. The van der Waals surface area contributed by atoms with Gasteiger partial charge < -0.3 is 5.32 Å². The zero-order chi connectivity index (χ0) is 11.3. The van der Waals surface area contributed by atoms with Crippen LogP contribution in [0.3, 0.4) is 0 Å². The molecule has 1 atom stereocenters. The average molecular weight is 229 g/mol. The summed E-state index contributed by atoms with van der Waals surface area (Å²) < 4.78 is 0. The van der Waals surface area contributed by atoms with Crippen LogP contribution in [-0.2, 0) is 0 Å². The molecule has 15 heavy (non-hydrogen) atoms. The fraction of sp³-hybridized carbons (Fsp3) is 1.00. The first-order valence-electron chi connectivity index (χ1n) is 6.37. The van der Waals surface area contributed by atoms with E-state index in [-0.39, 0.29) is 0 Å². The molecule has 0 saturated carbocycles. The lowest BCUT2D eigenvalue weighted by molar-refractivity contribution is 0.269. The molecular formula is C13H27NS. The SMILES string of the molecule is CC(C)CCC(C)(C)C1NCCCCS1. The van der Waals surface area contributed by atoms with E-state index in [4.69, 9.17) is 0 Å². The highest BCUT2D eigenvalue weighted by Crippen LogP contribution is 2.35. The topological polar surface area (TPSA) is 12.0 Å². The Hall–Kier alpha value is 0.310. The van der Waals surface area contributed by atoms with Crippen LogP contribution in [0.1, 0.15) is 53.4 Å². The molecule has 0 aromatic heterocycles. The molecule has 0 aromatic rings. The second-order valence-corrected chi connectivity index (χ2v) is 7.05. The Labute approximate surface area is 99.8 Å². The molecule has 1 rings (SSSR count). The van der Waals surface area contributed by atoms with Gasteiger partial charge in [-0.1, -0.05) is 34.1 Å². The second-order valence-electron chi connectivity index (χ2n) is 5.83. The van der Waals surface area contributed by atoms with Crippen molar-refractivity contribution in [3.63, 3.8) is 0 Å². The number of hydrogen-bond acceptors (Lipinski definition) is 2. The Morgan fingerprint density at radius 3 is 2.73 bits per heavy atom. The van der Waals surface area contributed by atoms with Crippen LogP contribution < -0.4 is 5.32 Å². The summed E-state index contributed by atoms with van der Waals surface area (Å²) in [7, 11) is 0.